The van der Waals surface area contributed by atoms with E-state index in [1.54, 1.807) is 0 Å². The number of esters is 2. The van der Waals surface area contributed by atoms with E-state index in [1.807, 2.05) is 13.8 Å². The first-order valence-electron chi connectivity index (χ1n) is 9.22. The molecule has 29 heavy (non-hydrogen) atoms. The predicted molar refractivity (Wildman–Crippen MR) is 104 cm³/mol. The molecule has 0 spiro atoms. The zero-order valence-corrected chi connectivity index (χ0v) is 16.7. The zero-order chi connectivity index (χ0) is 22.1. The Kier molecular flexibility index (Phi) is 14.7. The third-order valence-electron chi connectivity index (χ3n) is 3.23. The first-order chi connectivity index (χ1) is 13.8. The van der Waals surface area contributed by atoms with Crippen LogP contribution >= 0.6 is 0 Å². The summed E-state index contributed by atoms with van der Waals surface area (Å²) in [6.45, 7) is 5.04. The van der Waals surface area contributed by atoms with E-state index < -0.39 is 24.1 Å². The van der Waals surface area contributed by atoms with Gasteiger partial charge in [-0.15, -0.1) is 0 Å². The molecule has 0 saturated carbocycles. The Balaban J connectivity index is 0.000000734. The monoisotopic (exact) mass is 416 g/mol. The zero-order valence-electron chi connectivity index (χ0n) is 16.7. The number of unbranched alkanes of at least 4 members (excludes halogenated alkanes) is 2. The molecule has 0 radical (unpaired) electrons. The second-order valence-electron chi connectivity index (χ2n) is 5.65. The van der Waals surface area contributed by atoms with Crippen LogP contribution in [0.1, 0.15) is 45.1 Å². The Bertz CT molecular complexity index is 660. The van der Waals surface area contributed by atoms with E-state index in [1.165, 1.54) is 18.2 Å². The summed E-state index contributed by atoms with van der Waals surface area (Å²) in [4.78, 5) is 21.6. The quantitative estimate of drug-likeness (QED) is 0.278. The average molecular weight is 416 g/mol. The molecule has 0 fully saturated rings. The Morgan fingerprint density at radius 2 is 1.66 bits per heavy atom. The van der Waals surface area contributed by atoms with Gasteiger partial charge in [-0.05, 0) is 36.6 Å². The fourth-order valence-electron chi connectivity index (χ4n) is 1.72. The van der Waals surface area contributed by atoms with Gasteiger partial charge in [0.2, 0.25) is 0 Å². The molecule has 1 rings (SSSR count). The normalized spacial score (nSPS) is 10.3. The van der Waals surface area contributed by atoms with Crippen molar-refractivity contribution in [2.45, 2.75) is 46.1 Å². The molecular formula is C21H27F3O5. The van der Waals surface area contributed by atoms with Crippen molar-refractivity contribution in [3.63, 3.8) is 0 Å². The first-order valence-corrected chi connectivity index (χ1v) is 9.22. The van der Waals surface area contributed by atoms with E-state index in [9.17, 15) is 22.8 Å². The number of halogens is 3. The Morgan fingerprint density at radius 1 is 1.07 bits per heavy atom. The number of benzene rings is 1. The van der Waals surface area contributed by atoms with Gasteiger partial charge in [-0.2, -0.15) is 8.78 Å². The molecule has 0 N–H and O–H groups in total. The summed E-state index contributed by atoms with van der Waals surface area (Å²) in [6.07, 6.45) is 7.32. The Morgan fingerprint density at radius 3 is 2.14 bits per heavy atom. The summed E-state index contributed by atoms with van der Waals surface area (Å²) in [5, 5.41) is 0. The largest absolute Gasteiger partial charge is 0.463 e. The van der Waals surface area contributed by atoms with Crippen molar-refractivity contribution < 1.29 is 37.0 Å². The van der Waals surface area contributed by atoms with Crippen molar-refractivity contribution in [2.75, 3.05) is 13.2 Å². The van der Waals surface area contributed by atoms with Gasteiger partial charge < -0.3 is 14.2 Å². The minimum absolute atomic E-state index is 0.329. The fraction of sp³-hybridized carbons (Fsp3) is 0.429. The SMILES string of the molecule is C=CC(=O)OCCCC.CCCCOC(=O)C=Cc1ccc(OC(F)F)c(F)c1. The number of carbonyl (C=O) groups excluding carboxylic acids is 2. The van der Waals surface area contributed by atoms with Crippen LogP contribution in [0.4, 0.5) is 13.2 Å². The van der Waals surface area contributed by atoms with E-state index in [0.29, 0.717) is 18.8 Å². The first kappa shape index (κ1) is 26.2. The smallest absolute Gasteiger partial charge is 0.387 e. The van der Waals surface area contributed by atoms with Crippen LogP contribution in [0.5, 0.6) is 5.75 Å². The van der Waals surface area contributed by atoms with E-state index in [0.717, 1.165) is 43.9 Å². The molecule has 0 aliphatic heterocycles. The van der Waals surface area contributed by atoms with Crippen LogP contribution < -0.4 is 4.74 Å². The summed E-state index contributed by atoms with van der Waals surface area (Å²) in [5.74, 6) is -2.33. The van der Waals surface area contributed by atoms with Crippen molar-refractivity contribution in [3.8, 4) is 5.75 Å². The standard InChI is InChI=1S/C14H15F3O3.C7H12O2/c1-2-3-8-19-13(18)7-5-10-4-6-12(11(15)9-10)20-14(16)17;1-3-5-6-9-7(8)4-2/h4-7,9,14H,2-3,8H2,1H3;4H,2-3,5-6H2,1H3. The number of carbonyl (C=O) groups is 2. The highest BCUT2D eigenvalue weighted by molar-refractivity contribution is 5.87. The molecule has 0 atom stereocenters. The van der Waals surface area contributed by atoms with Crippen LogP contribution in [0, 0.1) is 5.82 Å². The topological polar surface area (TPSA) is 61.8 Å². The summed E-state index contributed by atoms with van der Waals surface area (Å²) in [6, 6.07) is 3.42. The van der Waals surface area contributed by atoms with E-state index in [-0.39, 0.29) is 5.97 Å². The maximum Gasteiger partial charge on any atom is 0.387 e. The molecule has 0 heterocycles. The number of hydrogen-bond acceptors (Lipinski definition) is 5. The molecule has 0 aromatic heterocycles. The van der Waals surface area contributed by atoms with Crippen molar-refractivity contribution >= 4 is 18.0 Å². The highest BCUT2D eigenvalue weighted by atomic mass is 19.3. The molecule has 5 nitrogen and oxygen atoms in total. The molecule has 0 unspecified atom stereocenters. The molecule has 0 bridgehead atoms. The van der Waals surface area contributed by atoms with Gasteiger partial charge in [0, 0.05) is 12.2 Å². The average Bonchev–Trinajstić information content (AvgIpc) is 2.68. The van der Waals surface area contributed by atoms with Gasteiger partial charge in [-0.25, -0.2) is 14.0 Å². The molecule has 0 aliphatic carbocycles. The Hall–Kier alpha value is -2.77. The molecule has 0 amide bonds. The summed E-state index contributed by atoms with van der Waals surface area (Å²) < 4.78 is 50.8. The number of rotatable bonds is 11. The minimum atomic E-state index is -3.08. The van der Waals surface area contributed by atoms with Gasteiger partial charge >= 0.3 is 18.6 Å². The van der Waals surface area contributed by atoms with Gasteiger partial charge in [-0.3, -0.25) is 0 Å². The van der Waals surface area contributed by atoms with Crippen LogP contribution in [-0.4, -0.2) is 31.8 Å². The summed E-state index contributed by atoms with van der Waals surface area (Å²) in [7, 11) is 0. The third kappa shape index (κ3) is 14.0. The minimum Gasteiger partial charge on any atom is -0.463 e. The van der Waals surface area contributed by atoms with Gasteiger partial charge in [0.25, 0.3) is 0 Å². The summed E-state index contributed by atoms with van der Waals surface area (Å²) >= 11 is 0. The van der Waals surface area contributed by atoms with E-state index in [4.69, 9.17) is 4.74 Å². The fourth-order valence-corrected chi connectivity index (χ4v) is 1.72. The van der Waals surface area contributed by atoms with Crippen LogP contribution in [0.25, 0.3) is 6.08 Å². The second kappa shape index (κ2) is 16.2. The number of hydrogen-bond donors (Lipinski definition) is 0. The number of ether oxygens (including phenoxy) is 3. The molecular weight excluding hydrogens is 389 g/mol. The molecule has 1 aromatic rings. The lowest BCUT2D eigenvalue weighted by Gasteiger charge is -2.05. The van der Waals surface area contributed by atoms with Gasteiger partial charge in [0.05, 0.1) is 13.2 Å². The second-order valence-corrected chi connectivity index (χ2v) is 5.65. The lowest BCUT2D eigenvalue weighted by atomic mass is 10.2. The maximum absolute atomic E-state index is 13.4. The molecule has 8 heteroatoms. The number of alkyl halides is 2. The van der Waals surface area contributed by atoms with Crippen LogP contribution in [-0.2, 0) is 19.1 Å². The predicted octanol–water partition coefficient (Wildman–Crippen LogP) is 5.30. The lowest BCUT2D eigenvalue weighted by molar-refractivity contribution is -0.138. The van der Waals surface area contributed by atoms with Gasteiger partial charge in [0.15, 0.2) is 11.6 Å². The summed E-state index contributed by atoms with van der Waals surface area (Å²) in [5.41, 5.74) is 0.344. The van der Waals surface area contributed by atoms with Crippen molar-refractivity contribution in [2.24, 2.45) is 0 Å². The van der Waals surface area contributed by atoms with Crippen molar-refractivity contribution in [1.82, 2.24) is 0 Å². The molecule has 0 saturated heterocycles. The highest BCUT2D eigenvalue weighted by Gasteiger charge is 2.09. The Labute approximate surface area is 169 Å². The van der Waals surface area contributed by atoms with Crippen LogP contribution in [0.15, 0.2) is 36.9 Å². The van der Waals surface area contributed by atoms with E-state index >= 15 is 0 Å². The van der Waals surface area contributed by atoms with Gasteiger partial charge in [-0.1, -0.05) is 39.3 Å². The van der Waals surface area contributed by atoms with E-state index in [2.05, 4.69) is 16.1 Å². The molecule has 162 valence electrons. The van der Waals surface area contributed by atoms with Crippen LogP contribution in [0.2, 0.25) is 0 Å². The van der Waals surface area contributed by atoms with Crippen molar-refractivity contribution in [3.05, 3.63) is 48.3 Å². The highest BCUT2D eigenvalue weighted by Crippen LogP contribution is 2.21. The van der Waals surface area contributed by atoms with Crippen LogP contribution in [0.3, 0.4) is 0 Å². The maximum atomic E-state index is 13.4. The third-order valence-corrected chi connectivity index (χ3v) is 3.23. The molecule has 1 aromatic carbocycles. The van der Waals surface area contributed by atoms with Gasteiger partial charge in [0.1, 0.15) is 0 Å². The lowest BCUT2D eigenvalue weighted by Crippen LogP contribution is -2.03. The van der Waals surface area contributed by atoms with Crippen molar-refractivity contribution in [1.29, 1.82) is 0 Å². The molecule has 0 aliphatic rings.